The SMILES string of the molecule is O=C(Nc1ccc2[nH]cc(CCN3CCN(c4cccc(C(F)(F)F)c4)CC3)c2c1)C(Cl)Cl. The second-order valence-corrected chi connectivity index (χ2v) is 9.09. The van der Waals surface area contributed by atoms with Crippen LogP contribution < -0.4 is 10.2 Å². The van der Waals surface area contributed by atoms with Crippen molar-refractivity contribution in [1.82, 2.24) is 9.88 Å². The van der Waals surface area contributed by atoms with Gasteiger partial charge in [0.1, 0.15) is 0 Å². The Morgan fingerprint density at radius 3 is 2.55 bits per heavy atom. The highest BCUT2D eigenvalue weighted by atomic mass is 35.5. The molecule has 0 aliphatic carbocycles. The van der Waals surface area contributed by atoms with Crippen LogP contribution in [0.15, 0.2) is 48.7 Å². The first-order valence-electron chi connectivity index (χ1n) is 10.5. The Kier molecular flexibility index (Phi) is 7.07. The number of nitrogens with zero attached hydrogens (tertiary/aromatic N) is 2. The first kappa shape index (κ1) is 23.7. The van der Waals surface area contributed by atoms with Crippen LogP contribution in [-0.4, -0.2) is 53.4 Å². The smallest absolute Gasteiger partial charge is 0.369 e. The molecule has 0 bridgehead atoms. The number of carbonyl (C=O) groups excluding carboxylic acids is 1. The highest BCUT2D eigenvalue weighted by molar-refractivity contribution is 6.54. The van der Waals surface area contributed by atoms with Crippen LogP contribution in [0.1, 0.15) is 11.1 Å². The molecule has 0 unspecified atom stereocenters. The number of hydrogen-bond acceptors (Lipinski definition) is 3. The number of aromatic amines is 1. The largest absolute Gasteiger partial charge is 0.416 e. The molecular weight excluding hydrogens is 476 g/mol. The summed E-state index contributed by atoms with van der Waals surface area (Å²) in [5, 5.41) is 3.70. The van der Waals surface area contributed by atoms with E-state index in [1.165, 1.54) is 12.1 Å². The first-order chi connectivity index (χ1) is 15.7. The van der Waals surface area contributed by atoms with Gasteiger partial charge in [-0.2, -0.15) is 13.2 Å². The van der Waals surface area contributed by atoms with Crippen LogP contribution >= 0.6 is 23.2 Å². The predicted molar refractivity (Wildman–Crippen MR) is 126 cm³/mol. The summed E-state index contributed by atoms with van der Waals surface area (Å²) in [5.41, 5.74) is 2.69. The number of piperazine rings is 1. The van der Waals surface area contributed by atoms with Crippen LogP contribution in [0.25, 0.3) is 10.9 Å². The molecule has 0 radical (unpaired) electrons. The lowest BCUT2D eigenvalue weighted by Gasteiger charge is -2.36. The molecule has 3 aromatic rings. The van der Waals surface area contributed by atoms with Gasteiger partial charge in [-0.3, -0.25) is 9.69 Å². The van der Waals surface area contributed by atoms with E-state index in [9.17, 15) is 18.0 Å². The van der Waals surface area contributed by atoms with E-state index in [0.29, 0.717) is 24.5 Å². The summed E-state index contributed by atoms with van der Waals surface area (Å²) >= 11 is 11.2. The van der Waals surface area contributed by atoms with Gasteiger partial charge in [-0.25, -0.2) is 0 Å². The Labute approximate surface area is 199 Å². The second kappa shape index (κ2) is 9.83. The van der Waals surface area contributed by atoms with Crippen LogP contribution in [0.5, 0.6) is 0 Å². The number of alkyl halides is 5. The van der Waals surface area contributed by atoms with E-state index in [4.69, 9.17) is 23.2 Å². The van der Waals surface area contributed by atoms with E-state index in [2.05, 4.69) is 15.2 Å². The molecule has 1 aliphatic heterocycles. The standard InChI is InChI=1S/C23H23Cl2F3N4O/c24-21(25)22(33)30-17-4-5-20-19(13-17)15(14-29-20)6-7-31-8-10-32(11-9-31)18-3-1-2-16(12-18)23(26,27)28/h1-5,12-14,21,29H,6-11H2,(H,30,33). The van der Waals surface area contributed by atoms with E-state index in [-0.39, 0.29) is 0 Å². The first-order valence-corrected chi connectivity index (χ1v) is 11.4. The van der Waals surface area contributed by atoms with Gasteiger partial charge in [-0.15, -0.1) is 0 Å². The van der Waals surface area contributed by atoms with Crippen molar-refractivity contribution in [2.45, 2.75) is 17.4 Å². The fourth-order valence-corrected chi connectivity index (χ4v) is 4.16. The van der Waals surface area contributed by atoms with Crippen molar-refractivity contribution in [1.29, 1.82) is 0 Å². The van der Waals surface area contributed by atoms with Crippen molar-refractivity contribution in [3.8, 4) is 0 Å². The summed E-state index contributed by atoms with van der Waals surface area (Å²) < 4.78 is 39.0. The lowest BCUT2D eigenvalue weighted by molar-refractivity contribution is -0.137. The van der Waals surface area contributed by atoms with Gasteiger partial charge < -0.3 is 15.2 Å². The topological polar surface area (TPSA) is 51.4 Å². The quantitative estimate of drug-likeness (QED) is 0.453. The minimum absolute atomic E-state index is 0.478. The molecule has 1 aliphatic rings. The average molecular weight is 499 g/mol. The number of rotatable bonds is 6. The molecule has 176 valence electrons. The van der Waals surface area contributed by atoms with Gasteiger partial charge >= 0.3 is 6.18 Å². The number of aromatic nitrogens is 1. The molecule has 2 heterocycles. The van der Waals surface area contributed by atoms with Crippen molar-refractivity contribution < 1.29 is 18.0 Å². The lowest BCUT2D eigenvalue weighted by Crippen LogP contribution is -2.47. The fourth-order valence-electron chi connectivity index (χ4n) is 4.05. The molecule has 1 fully saturated rings. The lowest BCUT2D eigenvalue weighted by atomic mass is 10.1. The third-order valence-corrected chi connectivity index (χ3v) is 6.24. The van der Waals surface area contributed by atoms with Crippen molar-refractivity contribution in [2.75, 3.05) is 42.9 Å². The molecule has 2 aromatic carbocycles. The number of benzene rings is 2. The molecule has 0 atom stereocenters. The Balaban J connectivity index is 1.35. The summed E-state index contributed by atoms with van der Waals surface area (Å²) in [7, 11) is 0. The maximum absolute atomic E-state index is 13.0. The number of amides is 1. The fraction of sp³-hybridized carbons (Fsp3) is 0.348. The Hall–Kier alpha value is -2.42. The van der Waals surface area contributed by atoms with Crippen LogP contribution in [0.4, 0.5) is 24.5 Å². The summed E-state index contributed by atoms with van der Waals surface area (Å²) in [4.78, 5) is 18.2. The number of hydrogen-bond donors (Lipinski definition) is 2. The summed E-state index contributed by atoms with van der Waals surface area (Å²) in [6.45, 7) is 3.71. The third-order valence-electron chi connectivity index (χ3n) is 5.84. The summed E-state index contributed by atoms with van der Waals surface area (Å²) in [5.74, 6) is -0.478. The van der Waals surface area contributed by atoms with Crippen molar-refractivity contribution in [3.05, 3.63) is 59.8 Å². The Morgan fingerprint density at radius 2 is 1.85 bits per heavy atom. The van der Waals surface area contributed by atoms with E-state index in [0.717, 1.165) is 48.6 Å². The third kappa shape index (κ3) is 5.75. The number of fused-ring (bicyclic) bond motifs is 1. The Bertz CT molecular complexity index is 1120. The normalized spacial score (nSPS) is 15.4. The zero-order chi connectivity index (χ0) is 23.6. The van der Waals surface area contributed by atoms with Gasteiger partial charge in [-0.1, -0.05) is 29.3 Å². The maximum atomic E-state index is 13.0. The summed E-state index contributed by atoms with van der Waals surface area (Å²) in [6, 6.07) is 11.1. The maximum Gasteiger partial charge on any atom is 0.416 e. The molecule has 1 aromatic heterocycles. The molecule has 10 heteroatoms. The van der Waals surface area contributed by atoms with Gasteiger partial charge in [0.15, 0.2) is 4.84 Å². The van der Waals surface area contributed by atoms with Crippen molar-refractivity contribution in [2.24, 2.45) is 0 Å². The minimum Gasteiger partial charge on any atom is -0.369 e. The Morgan fingerprint density at radius 1 is 1.09 bits per heavy atom. The number of nitrogens with one attached hydrogen (secondary N) is 2. The molecule has 0 saturated carbocycles. The van der Waals surface area contributed by atoms with E-state index >= 15 is 0 Å². The number of H-pyrrole nitrogens is 1. The monoisotopic (exact) mass is 498 g/mol. The molecule has 2 N–H and O–H groups in total. The predicted octanol–water partition coefficient (Wildman–Crippen LogP) is 5.29. The average Bonchev–Trinajstić information content (AvgIpc) is 3.20. The number of carbonyl (C=O) groups is 1. The molecule has 1 saturated heterocycles. The molecule has 33 heavy (non-hydrogen) atoms. The molecule has 4 rings (SSSR count). The highest BCUT2D eigenvalue weighted by Gasteiger charge is 2.31. The number of halogens is 5. The van der Waals surface area contributed by atoms with E-state index in [1.54, 1.807) is 12.1 Å². The van der Waals surface area contributed by atoms with Crippen LogP contribution in [0, 0.1) is 0 Å². The van der Waals surface area contributed by atoms with Gasteiger partial charge in [0.2, 0.25) is 0 Å². The van der Waals surface area contributed by atoms with E-state index in [1.807, 2.05) is 23.2 Å². The molecule has 1 amide bonds. The van der Waals surface area contributed by atoms with E-state index < -0.39 is 22.5 Å². The highest BCUT2D eigenvalue weighted by Crippen LogP contribution is 2.32. The molecule has 5 nitrogen and oxygen atoms in total. The van der Waals surface area contributed by atoms with Gasteiger partial charge in [0.25, 0.3) is 5.91 Å². The van der Waals surface area contributed by atoms with Gasteiger partial charge in [0, 0.05) is 61.2 Å². The van der Waals surface area contributed by atoms with Crippen LogP contribution in [0.3, 0.4) is 0 Å². The van der Waals surface area contributed by atoms with Gasteiger partial charge in [-0.05, 0) is 48.4 Å². The molecule has 0 spiro atoms. The second-order valence-electron chi connectivity index (χ2n) is 7.99. The van der Waals surface area contributed by atoms with Crippen LogP contribution in [0.2, 0.25) is 0 Å². The zero-order valence-corrected chi connectivity index (χ0v) is 19.1. The minimum atomic E-state index is -4.34. The molecular formula is C23H23Cl2F3N4O. The van der Waals surface area contributed by atoms with Crippen LogP contribution in [-0.2, 0) is 17.4 Å². The van der Waals surface area contributed by atoms with Crippen molar-refractivity contribution in [3.63, 3.8) is 0 Å². The van der Waals surface area contributed by atoms with Crippen molar-refractivity contribution >= 4 is 51.4 Å². The van der Waals surface area contributed by atoms with Gasteiger partial charge in [0.05, 0.1) is 5.56 Å². The number of anilines is 2. The summed E-state index contributed by atoms with van der Waals surface area (Å²) in [6.07, 6.45) is -1.58. The zero-order valence-electron chi connectivity index (χ0n) is 17.6.